The molecule has 0 radical (unpaired) electrons. The second-order valence-electron chi connectivity index (χ2n) is 2.71. The SMILES string of the molecule is O=C(CCl)NC1=C/CC\C=C/C=C\1. The Labute approximate surface area is 83.0 Å². The maximum Gasteiger partial charge on any atom is 0.239 e. The van der Waals surface area contributed by atoms with E-state index in [2.05, 4.69) is 11.4 Å². The number of rotatable bonds is 2. The van der Waals surface area contributed by atoms with Crippen LogP contribution in [0.3, 0.4) is 0 Å². The summed E-state index contributed by atoms with van der Waals surface area (Å²) in [4.78, 5) is 10.9. The van der Waals surface area contributed by atoms with E-state index in [9.17, 15) is 4.79 Å². The first-order chi connectivity index (χ1) is 6.33. The lowest BCUT2D eigenvalue weighted by Gasteiger charge is -2.04. The lowest BCUT2D eigenvalue weighted by atomic mass is 10.2. The molecule has 1 aliphatic rings. The number of hydrogen-bond donors (Lipinski definition) is 1. The van der Waals surface area contributed by atoms with E-state index in [1.165, 1.54) is 0 Å². The Bertz CT molecular complexity index is 266. The molecule has 0 heterocycles. The van der Waals surface area contributed by atoms with Crippen molar-refractivity contribution in [2.24, 2.45) is 0 Å². The van der Waals surface area contributed by atoms with Gasteiger partial charge in [-0.2, -0.15) is 0 Å². The lowest BCUT2D eigenvalue weighted by molar-refractivity contribution is -0.117. The van der Waals surface area contributed by atoms with Crippen LogP contribution in [0.25, 0.3) is 0 Å². The van der Waals surface area contributed by atoms with Crippen LogP contribution in [0, 0.1) is 0 Å². The third kappa shape index (κ3) is 3.95. The predicted octanol–water partition coefficient (Wildman–Crippen LogP) is 2.13. The molecule has 0 aromatic carbocycles. The van der Waals surface area contributed by atoms with Gasteiger partial charge in [0.1, 0.15) is 5.88 Å². The van der Waals surface area contributed by atoms with Gasteiger partial charge in [0.2, 0.25) is 5.91 Å². The van der Waals surface area contributed by atoms with Gasteiger partial charge in [-0.3, -0.25) is 4.79 Å². The summed E-state index contributed by atoms with van der Waals surface area (Å²) >= 11 is 5.37. The number of halogens is 1. The minimum Gasteiger partial charge on any atom is -0.325 e. The van der Waals surface area contributed by atoms with Crippen LogP contribution in [0.15, 0.2) is 36.1 Å². The molecule has 0 aromatic rings. The fraction of sp³-hybridized carbons (Fsp3) is 0.300. The molecule has 0 saturated carbocycles. The standard InChI is InChI=1S/C10H12ClNO/c11-8-10(13)12-9-6-4-2-1-3-5-7-9/h1-2,4,6-7H,3,5,8H2,(H,12,13)/b2-1-,6-4-,9-7+. The second-order valence-corrected chi connectivity index (χ2v) is 2.97. The molecule has 0 atom stereocenters. The Morgan fingerprint density at radius 3 is 3.08 bits per heavy atom. The highest BCUT2D eigenvalue weighted by Gasteiger charge is 1.99. The van der Waals surface area contributed by atoms with E-state index in [-0.39, 0.29) is 11.8 Å². The third-order valence-corrected chi connectivity index (χ3v) is 1.87. The maximum atomic E-state index is 10.9. The van der Waals surface area contributed by atoms with Gasteiger partial charge >= 0.3 is 0 Å². The van der Waals surface area contributed by atoms with Gasteiger partial charge in [-0.05, 0) is 18.9 Å². The van der Waals surface area contributed by atoms with E-state index in [1.807, 2.05) is 24.3 Å². The van der Waals surface area contributed by atoms with Crippen molar-refractivity contribution < 1.29 is 4.79 Å². The predicted molar refractivity (Wildman–Crippen MR) is 54.5 cm³/mol. The smallest absolute Gasteiger partial charge is 0.239 e. The first-order valence-electron chi connectivity index (χ1n) is 4.22. The van der Waals surface area contributed by atoms with Gasteiger partial charge in [0.05, 0.1) is 0 Å². The van der Waals surface area contributed by atoms with Crippen molar-refractivity contribution in [2.75, 3.05) is 5.88 Å². The number of nitrogens with one attached hydrogen (secondary N) is 1. The van der Waals surface area contributed by atoms with E-state index >= 15 is 0 Å². The van der Waals surface area contributed by atoms with E-state index in [4.69, 9.17) is 11.6 Å². The van der Waals surface area contributed by atoms with Crippen LogP contribution in [0.2, 0.25) is 0 Å². The molecule has 0 unspecified atom stereocenters. The number of carbonyl (C=O) groups excluding carboxylic acids is 1. The van der Waals surface area contributed by atoms with Gasteiger partial charge in [-0.15, -0.1) is 11.6 Å². The zero-order valence-corrected chi connectivity index (χ0v) is 8.05. The molecule has 0 fully saturated rings. The highest BCUT2D eigenvalue weighted by molar-refractivity contribution is 6.27. The number of allylic oxidation sites excluding steroid dienone is 5. The normalized spacial score (nSPS) is 24.8. The van der Waals surface area contributed by atoms with Crippen LogP contribution in [0.1, 0.15) is 12.8 Å². The van der Waals surface area contributed by atoms with Crippen molar-refractivity contribution in [2.45, 2.75) is 12.8 Å². The van der Waals surface area contributed by atoms with Crippen molar-refractivity contribution in [3.05, 3.63) is 36.1 Å². The topological polar surface area (TPSA) is 29.1 Å². The molecule has 1 amide bonds. The van der Waals surface area contributed by atoms with Crippen LogP contribution >= 0.6 is 11.6 Å². The molecule has 0 aliphatic heterocycles. The summed E-state index contributed by atoms with van der Waals surface area (Å²) in [6.07, 6.45) is 11.8. The average Bonchev–Trinajstić information content (AvgIpc) is 2.09. The summed E-state index contributed by atoms with van der Waals surface area (Å²) in [7, 11) is 0. The molecular weight excluding hydrogens is 186 g/mol. The molecule has 13 heavy (non-hydrogen) atoms. The highest BCUT2D eigenvalue weighted by atomic mass is 35.5. The average molecular weight is 198 g/mol. The van der Waals surface area contributed by atoms with Gasteiger partial charge in [0.15, 0.2) is 0 Å². The van der Waals surface area contributed by atoms with Gasteiger partial charge in [-0.25, -0.2) is 0 Å². The molecule has 0 bridgehead atoms. The molecule has 3 heteroatoms. The minimum absolute atomic E-state index is 0.00101. The summed E-state index contributed by atoms with van der Waals surface area (Å²) in [5.41, 5.74) is 0.829. The van der Waals surface area contributed by atoms with Crippen molar-refractivity contribution in [3.8, 4) is 0 Å². The van der Waals surface area contributed by atoms with Crippen LogP contribution in [-0.4, -0.2) is 11.8 Å². The minimum atomic E-state index is -0.165. The van der Waals surface area contributed by atoms with Gasteiger partial charge in [-0.1, -0.05) is 24.3 Å². The molecule has 0 aromatic heterocycles. The molecular formula is C10H12ClNO. The second kappa shape index (κ2) is 5.60. The number of hydrogen-bond acceptors (Lipinski definition) is 1. The van der Waals surface area contributed by atoms with Crippen molar-refractivity contribution in [1.82, 2.24) is 5.32 Å². The van der Waals surface area contributed by atoms with Crippen LogP contribution < -0.4 is 5.32 Å². The summed E-state index contributed by atoms with van der Waals surface area (Å²) in [6, 6.07) is 0. The zero-order valence-electron chi connectivity index (χ0n) is 7.29. The summed E-state index contributed by atoms with van der Waals surface area (Å²) in [5, 5.41) is 2.71. The fourth-order valence-corrected chi connectivity index (χ4v) is 1.09. The van der Waals surface area contributed by atoms with Crippen LogP contribution in [-0.2, 0) is 4.79 Å². The molecule has 70 valence electrons. The summed E-state index contributed by atoms with van der Waals surface area (Å²) in [5.74, 6) is -0.164. The van der Waals surface area contributed by atoms with E-state index in [0.717, 1.165) is 18.5 Å². The van der Waals surface area contributed by atoms with Crippen LogP contribution in [0.4, 0.5) is 0 Å². The van der Waals surface area contributed by atoms with Gasteiger partial charge < -0.3 is 5.32 Å². The molecule has 2 nitrogen and oxygen atoms in total. The molecule has 0 saturated heterocycles. The Morgan fingerprint density at radius 1 is 1.46 bits per heavy atom. The number of amides is 1. The number of carbonyl (C=O) groups is 1. The largest absolute Gasteiger partial charge is 0.325 e. The van der Waals surface area contributed by atoms with Crippen molar-refractivity contribution in [3.63, 3.8) is 0 Å². The van der Waals surface area contributed by atoms with Crippen molar-refractivity contribution >= 4 is 17.5 Å². The molecule has 1 aliphatic carbocycles. The van der Waals surface area contributed by atoms with Crippen molar-refractivity contribution in [1.29, 1.82) is 0 Å². The Hall–Kier alpha value is -1.02. The Kier molecular flexibility index (Phi) is 4.33. The zero-order chi connectivity index (χ0) is 9.52. The maximum absolute atomic E-state index is 10.9. The lowest BCUT2D eigenvalue weighted by Crippen LogP contribution is -2.22. The first-order valence-corrected chi connectivity index (χ1v) is 4.75. The van der Waals surface area contributed by atoms with Crippen LogP contribution in [0.5, 0.6) is 0 Å². The fourth-order valence-electron chi connectivity index (χ4n) is 1.02. The Balaban J connectivity index is 2.56. The molecule has 1 N–H and O–H groups in total. The van der Waals surface area contributed by atoms with E-state index in [1.54, 1.807) is 0 Å². The highest BCUT2D eigenvalue weighted by Crippen LogP contribution is 2.03. The molecule has 0 spiro atoms. The van der Waals surface area contributed by atoms with Gasteiger partial charge in [0.25, 0.3) is 0 Å². The summed E-state index contributed by atoms with van der Waals surface area (Å²) < 4.78 is 0. The summed E-state index contributed by atoms with van der Waals surface area (Å²) in [6.45, 7) is 0. The number of alkyl halides is 1. The molecule has 1 rings (SSSR count). The van der Waals surface area contributed by atoms with E-state index in [0.29, 0.717) is 0 Å². The first kappa shape index (κ1) is 10.1. The van der Waals surface area contributed by atoms with Gasteiger partial charge in [0, 0.05) is 5.70 Å². The third-order valence-electron chi connectivity index (χ3n) is 1.63. The Morgan fingerprint density at radius 2 is 2.31 bits per heavy atom. The monoisotopic (exact) mass is 197 g/mol. The quantitative estimate of drug-likeness (QED) is 0.676. The van der Waals surface area contributed by atoms with E-state index < -0.39 is 0 Å².